The molecule has 108 valence electrons. The third kappa shape index (κ3) is 3.39. The predicted molar refractivity (Wildman–Crippen MR) is 85.0 cm³/mol. The first-order valence-electron chi connectivity index (χ1n) is 7.52. The smallest absolute Gasteiger partial charge is 0.0332 e. The topological polar surface area (TPSA) is 15.3 Å². The minimum atomic E-state index is 0.285. The van der Waals surface area contributed by atoms with E-state index in [9.17, 15) is 0 Å². The maximum atomic E-state index is 3.74. The van der Waals surface area contributed by atoms with Crippen molar-refractivity contribution in [3.8, 4) is 0 Å². The van der Waals surface area contributed by atoms with Gasteiger partial charge in [0.1, 0.15) is 0 Å². The molecule has 3 heteroatoms. The minimum absolute atomic E-state index is 0.285. The molecule has 0 radical (unpaired) electrons. The van der Waals surface area contributed by atoms with Crippen LogP contribution in [0.15, 0.2) is 6.07 Å². The monoisotopic (exact) mass is 280 g/mol. The maximum Gasteiger partial charge on any atom is 0.0332 e. The lowest BCUT2D eigenvalue weighted by Crippen LogP contribution is -2.62. The molecule has 0 aliphatic carbocycles. The second kappa shape index (κ2) is 5.94. The molecule has 1 aromatic heterocycles. The summed E-state index contributed by atoms with van der Waals surface area (Å²) < 4.78 is 0. The number of nitrogens with zero attached hydrogens (tertiary/aromatic N) is 1. The Hall–Kier alpha value is -0.380. The van der Waals surface area contributed by atoms with Crippen LogP contribution in [0.1, 0.15) is 48.9 Å². The Morgan fingerprint density at radius 1 is 1.42 bits per heavy atom. The first kappa shape index (κ1) is 15.0. The minimum Gasteiger partial charge on any atom is -0.309 e. The van der Waals surface area contributed by atoms with Gasteiger partial charge in [-0.05, 0) is 45.2 Å². The average molecular weight is 280 g/mol. The SMILES string of the molecule is CCC1CNC(C)(CC)CN1Cc1cc(C)c(C)s1. The maximum absolute atomic E-state index is 3.74. The van der Waals surface area contributed by atoms with Gasteiger partial charge in [-0.2, -0.15) is 0 Å². The van der Waals surface area contributed by atoms with E-state index in [-0.39, 0.29) is 5.54 Å². The fraction of sp³-hybridized carbons (Fsp3) is 0.750. The molecular weight excluding hydrogens is 252 g/mol. The van der Waals surface area contributed by atoms with Gasteiger partial charge in [0.2, 0.25) is 0 Å². The number of hydrogen-bond donors (Lipinski definition) is 1. The normalized spacial score (nSPS) is 28.8. The summed E-state index contributed by atoms with van der Waals surface area (Å²) in [7, 11) is 0. The third-order valence-electron chi connectivity index (χ3n) is 4.66. The van der Waals surface area contributed by atoms with E-state index < -0.39 is 0 Å². The Morgan fingerprint density at radius 3 is 2.68 bits per heavy atom. The standard InChI is InChI=1S/C16H28N2S/c1-6-14-9-17-16(5,7-2)11-18(14)10-15-8-12(3)13(4)19-15/h8,14,17H,6-7,9-11H2,1-5H3. The molecular formula is C16H28N2S. The summed E-state index contributed by atoms with van der Waals surface area (Å²) in [6, 6.07) is 3.06. The zero-order valence-electron chi connectivity index (χ0n) is 13.0. The van der Waals surface area contributed by atoms with E-state index in [0.29, 0.717) is 6.04 Å². The van der Waals surface area contributed by atoms with E-state index in [0.717, 1.165) is 19.6 Å². The molecule has 1 aliphatic rings. The van der Waals surface area contributed by atoms with Crippen LogP contribution in [0.4, 0.5) is 0 Å². The fourth-order valence-electron chi connectivity index (χ4n) is 2.88. The molecule has 2 nitrogen and oxygen atoms in total. The van der Waals surface area contributed by atoms with Gasteiger partial charge in [-0.25, -0.2) is 0 Å². The van der Waals surface area contributed by atoms with E-state index >= 15 is 0 Å². The van der Waals surface area contributed by atoms with Gasteiger partial charge in [-0.3, -0.25) is 4.90 Å². The van der Waals surface area contributed by atoms with Crippen LogP contribution < -0.4 is 5.32 Å². The summed E-state index contributed by atoms with van der Waals surface area (Å²) in [5, 5.41) is 3.74. The Labute approximate surface area is 122 Å². The van der Waals surface area contributed by atoms with Crippen molar-refractivity contribution in [2.24, 2.45) is 0 Å². The Morgan fingerprint density at radius 2 is 2.16 bits per heavy atom. The van der Waals surface area contributed by atoms with Crippen molar-refractivity contribution >= 4 is 11.3 Å². The molecule has 1 aromatic rings. The van der Waals surface area contributed by atoms with Crippen molar-refractivity contribution in [1.82, 2.24) is 10.2 Å². The molecule has 1 aliphatic heterocycles. The van der Waals surface area contributed by atoms with Gasteiger partial charge >= 0.3 is 0 Å². The second-order valence-corrected chi connectivity index (χ2v) is 7.55. The number of hydrogen-bond acceptors (Lipinski definition) is 3. The van der Waals surface area contributed by atoms with Crippen LogP contribution >= 0.6 is 11.3 Å². The van der Waals surface area contributed by atoms with E-state index in [4.69, 9.17) is 0 Å². The van der Waals surface area contributed by atoms with Crippen LogP contribution in [0.2, 0.25) is 0 Å². The zero-order chi connectivity index (χ0) is 14.0. The van der Waals surface area contributed by atoms with E-state index in [1.807, 2.05) is 11.3 Å². The number of piperazine rings is 1. The summed E-state index contributed by atoms with van der Waals surface area (Å²) in [5.41, 5.74) is 1.73. The highest BCUT2D eigenvalue weighted by atomic mass is 32.1. The lowest BCUT2D eigenvalue weighted by Gasteiger charge is -2.45. The molecule has 2 unspecified atom stereocenters. The highest BCUT2D eigenvalue weighted by Gasteiger charge is 2.33. The fourth-order valence-corrected chi connectivity index (χ4v) is 3.96. The largest absolute Gasteiger partial charge is 0.309 e. The van der Waals surface area contributed by atoms with Gasteiger partial charge in [-0.15, -0.1) is 11.3 Å². The van der Waals surface area contributed by atoms with Crippen molar-refractivity contribution in [2.45, 2.75) is 65.6 Å². The first-order valence-corrected chi connectivity index (χ1v) is 8.34. The van der Waals surface area contributed by atoms with Crippen molar-refractivity contribution in [3.05, 3.63) is 21.4 Å². The molecule has 1 fully saturated rings. The first-order chi connectivity index (χ1) is 8.97. The van der Waals surface area contributed by atoms with Crippen LogP contribution in [0.3, 0.4) is 0 Å². The van der Waals surface area contributed by atoms with Crippen LogP contribution in [0, 0.1) is 13.8 Å². The van der Waals surface area contributed by atoms with Gasteiger partial charge in [-0.1, -0.05) is 13.8 Å². The summed E-state index contributed by atoms with van der Waals surface area (Å²) in [6.07, 6.45) is 2.43. The van der Waals surface area contributed by atoms with Crippen molar-refractivity contribution in [2.75, 3.05) is 13.1 Å². The van der Waals surface area contributed by atoms with Crippen LogP contribution in [0.25, 0.3) is 0 Å². The van der Waals surface area contributed by atoms with Crippen LogP contribution in [-0.2, 0) is 6.54 Å². The van der Waals surface area contributed by atoms with Crippen LogP contribution in [-0.4, -0.2) is 29.6 Å². The number of aryl methyl sites for hydroxylation is 2. The second-order valence-electron chi connectivity index (χ2n) is 6.21. The lowest BCUT2D eigenvalue weighted by atomic mass is 9.93. The molecule has 0 aromatic carbocycles. The number of thiophene rings is 1. The van der Waals surface area contributed by atoms with E-state index in [1.165, 1.54) is 28.2 Å². The Balaban J connectivity index is 2.10. The molecule has 0 spiro atoms. The molecule has 0 amide bonds. The molecule has 2 rings (SSSR count). The molecule has 0 saturated carbocycles. The zero-order valence-corrected chi connectivity index (χ0v) is 13.9. The van der Waals surface area contributed by atoms with Crippen molar-refractivity contribution in [1.29, 1.82) is 0 Å². The quantitative estimate of drug-likeness (QED) is 0.904. The predicted octanol–water partition coefficient (Wildman–Crippen LogP) is 3.72. The Kier molecular flexibility index (Phi) is 4.70. The van der Waals surface area contributed by atoms with Crippen molar-refractivity contribution in [3.63, 3.8) is 0 Å². The summed E-state index contributed by atoms with van der Waals surface area (Å²) in [6.45, 7) is 14.8. The van der Waals surface area contributed by atoms with Gasteiger partial charge in [0.25, 0.3) is 0 Å². The molecule has 0 bridgehead atoms. The molecule has 1 saturated heterocycles. The van der Waals surface area contributed by atoms with E-state index in [1.54, 1.807) is 0 Å². The molecule has 2 heterocycles. The van der Waals surface area contributed by atoms with Gasteiger partial charge in [0, 0.05) is 41.0 Å². The van der Waals surface area contributed by atoms with Crippen LogP contribution in [0.5, 0.6) is 0 Å². The number of rotatable bonds is 4. The van der Waals surface area contributed by atoms with Gasteiger partial charge < -0.3 is 5.32 Å². The highest BCUT2D eigenvalue weighted by Crippen LogP contribution is 2.26. The highest BCUT2D eigenvalue weighted by molar-refractivity contribution is 7.12. The Bertz CT molecular complexity index is 407. The average Bonchev–Trinajstić information content (AvgIpc) is 2.69. The summed E-state index contributed by atoms with van der Waals surface area (Å²) in [5.74, 6) is 0. The number of nitrogens with one attached hydrogen (secondary N) is 1. The summed E-state index contributed by atoms with van der Waals surface area (Å²) >= 11 is 1.97. The molecule has 19 heavy (non-hydrogen) atoms. The lowest BCUT2D eigenvalue weighted by molar-refractivity contribution is 0.0764. The molecule has 2 atom stereocenters. The molecule has 1 N–H and O–H groups in total. The van der Waals surface area contributed by atoms with Gasteiger partial charge in [0.15, 0.2) is 0 Å². The van der Waals surface area contributed by atoms with Crippen molar-refractivity contribution < 1.29 is 0 Å². The third-order valence-corrected chi connectivity index (χ3v) is 5.80. The summed E-state index contributed by atoms with van der Waals surface area (Å²) in [4.78, 5) is 5.68. The van der Waals surface area contributed by atoms with Gasteiger partial charge in [0.05, 0.1) is 0 Å². The van der Waals surface area contributed by atoms with E-state index in [2.05, 4.69) is 50.9 Å².